The van der Waals surface area contributed by atoms with E-state index in [2.05, 4.69) is 43.4 Å². The zero-order valence-corrected chi connectivity index (χ0v) is 24.8. The van der Waals surface area contributed by atoms with Gasteiger partial charge in [0.25, 0.3) is 0 Å². The summed E-state index contributed by atoms with van der Waals surface area (Å²) in [6, 6.07) is 9.62. The van der Waals surface area contributed by atoms with E-state index in [0.717, 1.165) is 35.7 Å². The number of nitrogens with zero attached hydrogens (tertiary/aromatic N) is 7. The van der Waals surface area contributed by atoms with Crippen LogP contribution in [-0.4, -0.2) is 97.0 Å². The zero-order valence-electron chi connectivity index (χ0n) is 24.8. The molecule has 3 aromatic heterocycles. The van der Waals surface area contributed by atoms with Gasteiger partial charge in [-0.3, -0.25) is 9.20 Å². The number of nitrogens with one attached hydrogen (secondary N) is 2. The number of anilines is 4. The van der Waals surface area contributed by atoms with Crippen LogP contribution in [0.15, 0.2) is 61.1 Å². The highest BCUT2D eigenvalue weighted by atomic mass is 16.5. The van der Waals surface area contributed by atoms with Gasteiger partial charge in [-0.1, -0.05) is 12.1 Å². The number of aromatic nitrogens is 4. The molecule has 0 bridgehead atoms. The third kappa shape index (κ3) is 7.38. The van der Waals surface area contributed by atoms with E-state index in [1.807, 2.05) is 87.3 Å². The number of ether oxygens (including phenoxy) is 1. The van der Waals surface area contributed by atoms with Crippen molar-refractivity contribution in [1.29, 1.82) is 0 Å². The van der Waals surface area contributed by atoms with Gasteiger partial charge in [-0.05, 0) is 58.9 Å². The van der Waals surface area contributed by atoms with Crippen LogP contribution in [0, 0.1) is 6.92 Å². The number of methoxy groups -OCH3 is 1. The monoisotopic (exact) mass is 557 g/mol. The number of rotatable bonds is 12. The van der Waals surface area contributed by atoms with Gasteiger partial charge in [0.15, 0.2) is 5.82 Å². The van der Waals surface area contributed by atoms with Gasteiger partial charge in [-0.25, -0.2) is 15.0 Å². The Morgan fingerprint density at radius 2 is 1.85 bits per heavy atom. The lowest BCUT2D eigenvalue weighted by Crippen LogP contribution is -2.29. The van der Waals surface area contributed by atoms with E-state index >= 15 is 0 Å². The van der Waals surface area contributed by atoms with Crippen molar-refractivity contribution in [3.05, 3.63) is 66.6 Å². The number of benzene rings is 1. The largest absolute Gasteiger partial charge is 0.494 e. The number of pyridine rings is 1. The molecule has 0 saturated heterocycles. The minimum atomic E-state index is -0.218. The van der Waals surface area contributed by atoms with E-state index in [1.165, 1.54) is 0 Å². The summed E-state index contributed by atoms with van der Waals surface area (Å²) in [5.74, 6) is 1.47. The van der Waals surface area contributed by atoms with Crippen LogP contribution in [0.25, 0.3) is 17.0 Å². The Balaban J connectivity index is 1.68. The molecule has 0 spiro atoms. The number of fused-ring (bicyclic) bond motifs is 1. The summed E-state index contributed by atoms with van der Waals surface area (Å²) in [6.07, 6.45) is 8.88. The predicted octanol–water partition coefficient (Wildman–Crippen LogP) is 3.91. The van der Waals surface area contributed by atoms with E-state index in [1.54, 1.807) is 19.4 Å². The number of amides is 1. The van der Waals surface area contributed by atoms with Crippen molar-refractivity contribution in [3.8, 4) is 17.3 Å². The standard InChI is InChI=1S/C30H39N9O2/c1-21-10-8-15-39-26(21)20-32-29(39)22-12-13-31-30(34-22)35-24-18-23(33-28(40)11-9-14-36(2)3)25(19-27(24)41-7)38(6)17-16-37(4)5/h8-13,15,18-20H,14,16-17H2,1-7H3,(H,33,40)(H,31,34,35)/b11-9+. The van der Waals surface area contributed by atoms with Crippen molar-refractivity contribution in [2.75, 3.05) is 77.5 Å². The Kier molecular flexibility index (Phi) is 9.53. The lowest BCUT2D eigenvalue weighted by molar-refractivity contribution is -0.111. The van der Waals surface area contributed by atoms with Crippen molar-refractivity contribution >= 4 is 34.4 Å². The SMILES string of the molecule is COc1cc(N(C)CCN(C)C)c(NC(=O)/C=C/CN(C)C)cc1Nc1nccc(-c2ncc3c(C)cccn23)n1. The van der Waals surface area contributed by atoms with E-state index < -0.39 is 0 Å². The van der Waals surface area contributed by atoms with Crippen LogP contribution in [0.2, 0.25) is 0 Å². The van der Waals surface area contributed by atoms with Gasteiger partial charge in [0.2, 0.25) is 11.9 Å². The third-order valence-corrected chi connectivity index (χ3v) is 6.52. The number of likely N-dealkylation sites (N-methyl/N-ethyl adjacent to an activating group) is 3. The predicted molar refractivity (Wildman–Crippen MR) is 165 cm³/mol. The van der Waals surface area contributed by atoms with E-state index in [0.29, 0.717) is 35.3 Å². The minimum absolute atomic E-state index is 0.218. The minimum Gasteiger partial charge on any atom is -0.494 e. The van der Waals surface area contributed by atoms with E-state index in [4.69, 9.17) is 9.72 Å². The van der Waals surface area contributed by atoms with Crippen molar-refractivity contribution in [2.24, 2.45) is 0 Å². The van der Waals surface area contributed by atoms with Gasteiger partial charge in [0.1, 0.15) is 11.4 Å². The van der Waals surface area contributed by atoms with Crippen LogP contribution < -0.4 is 20.3 Å². The summed E-state index contributed by atoms with van der Waals surface area (Å²) in [5, 5.41) is 6.33. The molecular weight excluding hydrogens is 518 g/mol. The number of hydrogen-bond donors (Lipinski definition) is 2. The summed E-state index contributed by atoms with van der Waals surface area (Å²) >= 11 is 0. The molecule has 3 heterocycles. The molecule has 1 aromatic carbocycles. The first kappa shape index (κ1) is 29.5. The fourth-order valence-electron chi connectivity index (χ4n) is 4.28. The molecule has 11 heteroatoms. The summed E-state index contributed by atoms with van der Waals surface area (Å²) in [7, 11) is 11.6. The average molecular weight is 558 g/mol. The number of imidazole rings is 1. The summed E-state index contributed by atoms with van der Waals surface area (Å²) < 4.78 is 7.77. The van der Waals surface area contributed by atoms with Crippen molar-refractivity contribution in [3.63, 3.8) is 0 Å². The maximum absolute atomic E-state index is 12.8. The lowest BCUT2D eigenvalue weighted by Gasteiger charge is -2.26. The summed E-state index contributed by atoms with van der Waals surface area (Å²) in [5.41, 5.74) is 4.91. The van der Waals surface area contributed by atoms with Crippen LogP contribution in [0.4, 0.5) is 23.0 Å². The number of carbonyl (C=O) groups is 1. The maximum atomic E-state index is 12.8. The number of aryl methyl sites for hydroxylation is 1. The molecule has 4 rings (SSSR count). The first-order valence-electron chi connectivity index (χ1n) is 13.4. The molecule has 41 heavy (non-hydrogen) atoms. The van der Waals surface area contributed by atoms with E-state index in [-0.39, 0.29) is 5.91 Å². The normalized spacial score (nSPS) is 11.5. The Hall–Kier alpha value is -4.48. The summed E-state index contributed by atoms with van der Waals surface area (Å²) in [6.45, 7) is 4.32. The molecule has 0 aliphatic carbocycles. The molecular formula is C30H39N9O2. The zero-order chi connectivity index (χ0) is 29.5. The second kappa shape index (κ2) is 13.2. The Morgan fingerprint density at radius 1 is 1.05 bits per heavy atom. The van der Waals surface area contributed by atoms with Crippen molar-refractivity contribution in [2.45, 2.75) is 6.92 Å². The highest BCUT2D eigenvalue weighted by Crippen LogP contribution is 2.38. The van der Waals surface area contributed by atoms with Crippen LogP contribution >= 0.6 is 0 Å². The molecule has 0 unspecified atom stereocenters. The second-order valence-corrected chi connectivity index (χ2v) is 10.4. The second-order valence-electron chi connectivity index (χ2n) is 10.4. The first-order valence-corrected chi connectivity index (χ1v) is 13.4. The Labute approximate surface area is 241 Å². The van der Waals surface area contributed by atoms with Gasteiger partial charge in [0, 0.05) is 51.2 Å². The highest BCUT2D eigenvalue weighted by Gasteiger charge is 2.17. The van der Waals surface area contributed by atoms with Crippen LogP contribution in [0.1, 0.15) is 5.56 Å². The average Bonchev–Trinajstić information content (AvgIpc) is 3.37. The molecule has 0 atom stereocenters. The van der Waals surface area contributed by atoms with Crippen LogP contribution in [0.3, 0.4) is 0 Å². The first-order chi connectivity index (χ1) is 19.7. The lowest BCUT2D eigenvalue weighted by atomic mass is 10.2. The van der Waals surface area contributed by atoms with Gasteiger partial charge >= 0.3 is 0 Å². The van der Waals surface area contributed by atoms with Gasteiger partial charge < -0.3 is 30.1 Å². The Bertz CT molecular complexity index is 1530. The molecule has 11 nitrogen and oxygen atoms in total. The van der Waals surface area contributed by atoms with E-state index in [9.17, 15) is 4.79 Å². The van der Waals surface area contributed by atoms with Crippen molar-refractivity contribution < 1.29 is 9.53 Å². The summed E-state index contributed by atoms with van der Waals surface area (Å²) in [4.78, 5) is 32.8. The molecule has 0 fully saturated rings. The molecule has 2 N–H and O–H groups in total. The molecule has 1 amide bonds. The van der Waals surface area contributed by atoms with Crippen LogP contribution in [0.5, 0.6) is 5.75 Å². The molecule has 216 valence electrons. The quantitative estimate of drug-likeness (QED) is 0.251. The molecule has 0 saturated carbocycles. The maximum Gasteiger partial charge on any atom is 0.248 e. The third-order valence-electron chi connectivity index (χ3n) is 6.52. The van der Waals surface area contributed by atoms with Crippen LogP contribution in [-0.2, 0) is 4.79 Å². The van der Waals surface area contributed by atoms with Crippen molar-refractivity contribution in [1.82, 2.24) is 29.2 Å². The van der Waals surface area contributed by atoms with Gasteiger partial charge in [-0.2, -0.15) is 0 Å². The number of carbonyl (C=O) groups excluding carboxylic acids is 1. The fraction of sp³-hybridized carbons (Fsp3) is 0.333. The van der Waals surface area contributed by atoms with Gasteiger partial charge in [0.05, 0.1) is 35.9 Å². The Morgan fingerprint density at radius 3 is 2.59 bits per heavy atom. The number of hydrogen-bond acceptors (Lipinski definition) is 9. The fourth-order valence-corrected chi connectivity index (χ4v) is 4.28. The highest BCUT2D eigenvalue weighted by molar-refractivity contribution is 6.02. The van der Waals surface area contributed by atoms with Gasteiger partial charge in [-0.15, -0.1) is 0 Å². The smallest absolute Gasteiger partial charge is 0.248 e. The molecule has 4 aromatic rings. The molecule has 0 radical (unpaired) electrons. The molecule has 0 aliphatic rings. The molecule has 0 aliphatic heterocycles. The topological polar surface area (TPSA) is 103 Å².